The van der Waals surface area contributed by atoms with Gasteiger partial charge in [0, 0.05) is 29.3 Å². The molecule has 1 N–H and O–H groups in total. The molecule has 150 valence electrons. The number of hydrogen-bond acceptors (Lipinski definition) is 5. The molecule has 2 aromatic heterocycles. The predicted octanol–water partition coefficient (Wildman–Crippen LogP) is 3.68. The number of aryl methyl sites for hydroxylation is 3. The third-order valence-electron chi connectivity index (χ3n) is 5.17. The lowest BCUT2D eigenvalue weighted by molar-refractivity contribution is 0.0800. The first-order valence-corrected chi connectivity index (χ1v) is 9.33. The summed E-state index contributed by atoms with van der Waals surface area (Å²) >= 11 is 0. The number of H-pyrrole nitrogens is 1. The van der Waals surface area contributed by atoms with Gasteiger partial charge in [-0.1, -0.05) is 19.0 Å². The Hall–Kier alpha value is -3.29. The lowest BCUT2D eigenvalue weighted by Gasteiger charge is -2.29. The van der Waals surface area contributed by atoms with Crippen LogP contribution in [0.2, 0.25) is 0 Å². The number of carbonyl (C=O) groups excluding carboxylic acids is 1. The van der Waals surface area contributed by atoms with Gasteiger partial charge in [-0.2, -0.15) is 10.1 Å². The highest BCUT2D eigenvalue weighted by molar-refractivity contribution is 5.96. The second-order valence-electron chi connectivity index (χ2n) is 8.03. The summed E-state index contributed by atoms with van der Waals surface area (Å²) in [7, 11) is 0. The van der Waals surface area contributed by atoms with Gasteiger partial charge in [0.15, 0.2) is 5.82 Å². The zero-order valence-electron chi connectivity index (χ0n) is 17.0. The molecule has 0 atom stereocenters. The number of rotatable bonds is 2. The molecule has 4 rings (SSSR count). The largest absolute Gasteiger partial charge is 0.334 e. The maximum absolute atomic E-state index is 13.7. The summed E-state index contributed by atoms with van der Waals surface area (Å²) in [6.45, 7) is 9.82. The van der Waals surface area contributed by atoms with Gasteiger partial charge in [0.2, 0.25) is 0 Å². The minimum absolute atomic E-state index is 0.231. The average Bonchev–Trinajstić information content (AvgIpc) is 3.23. The molecule has 29 heavy (non-hydrogen) atoms. The van der Waals surface area contributed by atoms with E-state index in [2.05, 4.69) is 34.2 Å². The van der Waals surface area contributed by atoms with Crippen molar-refractivity contribution in [1.29, 1.82) is 0 Å². The van der Waals surface area contributed by atoms with E-state index < -0.39 is 5.41 Å². The minimum Gasteiger partial charge on any atom is -0.334 e. The molecule has 1 amide bonds. The minimum atomic E-state index is -0.398. The molecule has 7 nitrogen and oxygen atoms in total. The van der Waals surface area contributed by atoms with Crippen LogP contribution in [0.5, 0.6) is 0 Å². The molecule has 0 radical (unpaired) electrons. The average molecular weight is 395 g/mol. The maximum Gasteiger partial charge on any atom is 0.261 e. The fourth-order valence-electron chi connectivity index (χ4n) is 3.87. The molecule has 0 bridgehead atoms. The number of nitrogens with zero attached hydrogens (tertiary/aromatic N) is 4. The van der Waals surface area contributed by atoms with E-state index in [4.69, 9.17) is 4.52 Å². The van der Waals surface area contributed by atoms with Crippen molar-refractivity contribution in [2.75, 3.05) is 6.54 Å². The number of benzene rings is 1. The Morgan fingerprint density at radius 3 is 2.69 bits per heavy atom. The standard InChI is InChI=1S/C21H22FN5O2/c1-11-8-14(6-7-16(11)22)20(28)27-9-15(19-23-13(3)26-29-19)18-17(12(2)24-25-18)21(4,5)10-27/h6-9H,10H2,1-5H3,(H,24,25). The summed E-state index contributed by atoms with van der Waals surface area (Å²) in [5.74, 6) is 0.227. The van der Waals surface area contributed by atoms with E-state index in [1.807, 2.05) is 6.92 Å². The third-order valence-corrected chi connectivity index (χ3v) is 5.17. The normalized spacial score (nSPS) is 15.7. The fourth-order valence-corrected chi connectivity index (χ4v) is 3.87. The number of hydrogen-bond donors (Lipinski definition) is 1. The molecule has 1 aliphatic heterocycles. The fraction of sp³-hybridized carbons (Fsp3) is 0.333. The number of halogens is 1. The van der Waals surface area contributed by atoms with Gasteiger partial charge in [-0.3, -0.25) is 9.89 Å². The molecule has 0 spiro atoms. The molecule has 0 saturated carbocycles. The summed E-state index contributed by atoms with van der Waals surface area (Å²) in [5, 5.41) is 11.3. The van der Waals surface area contributed by atoms with E-state index in [-0.39, 0.29) is 11.7 Å². The van der Waals surface area contributed by atoms with Crippen LogP contribution in [0.1, 0.15) is 58.4 Å². The molecule has 1 aliphatic rings. The highest BCUT2D eigenvalue weighted by Gasteiger charge is 2.37. The molecule has 3 aromatic rings. The number of nitrogens with one attached hydrogen (secondary N) is 1. The van der Waals surface area contributed by atoms with Gasteiger partial charge in [-0.15, -0.1) is 0 Å². The molecule has 0 fully saturated rings. The third kappa shape index (κ3) is 3.24. The molecule has 1 aromatic carbocycles. The smallest absolute Gasteiger partial charge is 0.261 e. The predicted molar refractivity (Wildman–Crippen MR) is 105 cm³/mol. The highest BCUT2D eigenvalue weighted by Crippen LogP contribution is 2.38. The maximum atomic E-state index is 13.7. The number of amides is 1. The van der Waals surface area contributed by atoms with Gasteiger partial charge in [0.1, 0.15) is 5.82 Å². The Labute approximate surface area is 167 Å². The van der Waals surface area contributed by atoms with Crippen LogP contribution in [-0.4, -0.2) is 37.7 Å². The van der Waals surface area contributed by atoms with Crippen LogP contribution in [0.25, 0.3) is 5.57 Å². The van der Waals surface area contributed by atoms with E-state index in [0.717, 1.165) is 17.0 Å². The Balaban J connectivity index is 1.87. The van der Waals surface area contributed by atoms with Gasteiger partial charge in [-0.25, -0.2) is 4.39 Å². The zero-order valence-corrected chi connectivity index (χ0v) is 17.0. The Morgan fingerprint density at radius 1 is 1.28 bits per heavy atom. The molecule has 3 heterocycles. The van der Waals surface area contributed by atoms with Crippen molar-refractivity contribution in [3.05, 3.63) is 70.0 Å². The quantitative estimate of drug-likeness (QED) is 0.715. The van der Waals surface area contributed by atoms with Gasteiger partial charge in [0.05, 0.1) is 17.0 Å². The molecule has 0 aliphatic carbocycles. The molecule has 0 saturated heterocycles. The van der Waals surface area contributed by atoms with E-state index in [0.29, 0.717) is 35.0 Å². The van der Waals surface area contributed by atoms with Crippen molar-refractivity contribution >= 4 is 11.5 Å². The topological polar surface area (TPSA) is 87.9 Å². The first kappa shape index (κ1) is 19.0. The SMILES string of the molecule is Cc1noc(C2=CN(C(=O)c3ccc(F)c(C)c3)CC(C)(C)c3c(C)n[nH]c32)n1. The van der Waals surface area contributed by atoms with Crippen molar-refractivity contribution in [2.24, 2.45) is 0 Å². The lowest BCUT2D eigenvalue weighted by Crippen LogP contribution is -2.37. The molecular formula is C21H22FN5O2. The second-order valence-corrected chi connectivity index (χ2v) is 8.03. The van der Waals surface area contributed by atoms with E-state index in [1.165, 1.54) is 12.1 Å². The van der Waals surface area contributed by atoms with Crippen LogP contribution in [0.4, 0.5) is 4.39 Å². The van der Waals surface area contributed by atoms with Crippen molar-refractivity contribution in [3.63, 3.8) is 0 Å². The van der Waals surface area contributed by atoms with Crippen molar-refractivity contribution in [3.8, 4) is 0 Å². The lowest BCUT2D eigenvalue weighted by atomic mass is 9.82. The first-order valence-electron chi connectivity index (χ1n) is 9.33. The number of aromatic nitrogens is 4. The van der Waals surface area contributed by atoms with Gasteiger partial charge in [-0.05, 0) is 44.5 Å². The van der Waals surface area contributed by atoms with Crippen LogP contribution in [-0.2, 0) is 5.41 Å². The van der Waals surface area contributed by atoms with Crippen molar-refractivity contribution < 1.29 is 13.7 Å². The number of carbonyl (C=O) groups is 1. The van der Waals surface area contributed by atoms with Gasteiger partial charge >= 0.3 is 0 Å². The van der Waals surface area contributed by atoms with Crippen LogP contribution in [0.3, 0.4) is 0 Å². The van der Waals surface area contributed by atoms with Crippen LogP contribution < -0.4 is 0 Å². The first-order chi connectivity index (χ1) is 13.7. The number of fused-ring (bicyclic) bond motifs is 1. The Bertz CT molecular complexity index is 1140. The monoisotopic (exact) mass is 395 g/mol. The Morgan fingerprint density at radius 2 is 2.03 bits per heavy atom. The second kappa shape index (κ2) is 6.65. The van der Waals surface area contributed by atoms with Crippen LogP contribution >= 0.6 is 0 Å². The van der Waals surface area contributed by atoms with Gasteiger partial charge in [0.25, 0.3) is 11.8 Å². The highest BCUT2D eigenvalue weighted by atomic mass is 19.1. The zero-order chi connectivity index (χ0) is 20.9. The van der Waals surface area contributed by atoms with E-state index in [9.17, 15) is 9.18 Å². The van der Waals surface area contributed by atoms with Crippen molar-refractivity contribution in [2.45, 2.75) is 40.0 Å². The Kier molecular flexibility index (Phi) is 4.37. The van der Waals surface area contributed by atoms with Crippen LogP contribution in [0, 0.1) is 26.6 Å². The van der Waals surface area contributed by atoms with Gasteiger partial charge < -0.3 is 9.42 Å². The molecule has 8 heteroatoms. The summed E-state index contributed by atoms with van der Waals surface area (Å²) < 4.78 is 19.1. The summed E-state index contributed by atoms with van der Waals surface area (Å²) in [5.41, 5.74) is 3.62. The molecule has 0 unspecified atom stereocenters. The summed E-state index contributed by atoms with van der Waals surface area (Å²) in [6.07, 6.45) is 1.71. The van der Waals surface area contributed by atoms with Crippen LogP contribution in [0.15, 0.2) is 28.9 Å². The summed E-state index contributed by atoms with van der Waals surface area (Å²) in [4.78, 5) is 19.3. The van der Waals surface area contributed by atoms with Crippen molar-refractivity contribution in [1.82, 2.24) is 25.2 Å². The molecular weight excluding hydrogens is 373 g/mol. The number of aromatic amines is 1. The van der Waals surface area contributed by atoms with E-state index >= 15 is 0 Å². The van der Waals surface area contributed by atoms with E-state index in [1.54, 1.807) is 31.0 Å². The summed E-state index contributed by atoms with van der Waals surface area (Å²) in [6, 6.07) is 4.37.